The lowest BCUT2D eigenvalue weighted by molar-refractivity contribution is -0.0795. The molecule has 0 aliphatic carbocycles. The van der Waals surface area contributed by atoms with Crippen molar-refractivity contribution in [2.24, 2.45) is 0 Å². The van der Waals surface area contributed by atoms with Crippen molar-refractivity contribution in [3.63, 3.8) is 0 Å². The monoisotopic (exact) mass is 642 g/mol. The normalized spacial score (nSPS) is 25.0. The molecule has 8 nitrogen and oxygen atoms in total. The van der Waals surface area contributed by atoms with E-state index in [0.29, 0.717) is 28.5 Å². The Bertz CT molecular complexity index is 1490. The summed E-state index contributed by atoms with van der Waals surface area (Å²) in [6.45, 7) is 25.2. The van der Waals surface area contributed by atoms with Crippen LogP contribution in [-0.2, 0) is 18.0 Å². The van der Waals surface area contributed by atoms with Crippen LogP contribution in [0.15, 0.2) is 36.9 Å². The summed E-state index contributed by atoms with van der Waals surface area (Å²) in [5.41, 5.74) is 3.07. The van der Waals surface area contributed by atoms with Crippen LogP contribution in [0.5, 0.6) is 0 Å². The number of aromatic nitrogens is 4. The standard InChI is InChI=1S/C32H47ClN4O4Si2/c1-30(2,3)42(10,11)40-27-26-24(18-38-43(41-26,31(4,5)6)32(7,8)9)39-29(27)37-20-36-25-23(34-19-35-28(25)37)16-15-21-13-12-14-22(33)17-21/h12-17,19-20,24,26-27,29H,18H2,1-11H3/t24-,26-,27+,29-/m1/s1. The smallest absolute Gasteiger partial charge is 0.349 e. The number of imidazole rings is 1. The van der Waals surface area contributed by atoms with Gasteiger partial charge < -0.3 is 18.0 Å². The lowest BCUT2D eigenvalue weighted by Crippen LogP contribution is -2.66. The van der Waals surface area contributed by atoms with Crippen LogP contribution in [-0.4, -0.2) is 61.3 Å². The third-order valence-corrected chi connectivity index (χ3v) is 19.0. The van der Waals surface area contributed by atoms with Gasteiger partial charge in [-0.25, -0.2) is 15.0 Å². The number of hydrogen-bond acceptors (Lipinski definition) is 7. The first-order valence-electron chi connectivity index (χ1n) is 15.1. The predicted octanol–water partition coefficient (Wildman–Crippen LogP) is 8.40. The lowest BCUT2D eigenvalue weighted by atomic mass is 10.1. The van der Waals surface area contributed by atoms with Crippen LogP contribution in [0.2, 0.25) is 33.2 Å². The van der Waals surface area contributed by atoms with Gasteiger partial charge in [-0.1, -0.05) is 92.1 Å². The number of benzene rings is 1. The summed E-state index contributed by atoms with van der Waals surface area (Å²) in [6.07, 6.45) is 5.89. The Morgan fingerprint density at radius 2 is 1.70 bits per heavy atom. The zero-order valence-electron chi connectivity index (χ0n) is 27.4. The first-order valence-corrected chi connectivity index (χ1v) is 20.2. The summed E-state index contributed by atoms with van der Waals surface area (Å²) in [5.74, 6) is 0. The summed E-state index contributed by atoms with van der Waals surface area (Å²) in [6, 6.07) is 7.69. The van der Waals surface area contributed by atoms with Gasteiger partial charge in [0.2, 0.25) is 0 Å². The maximum atomic E-state index is 7.26. The van der Waals surface area contributed by atoms with Gasteiger partial charge in [-0.05, 0) is 41.9 Å². The van der Waals surface area contributed by atoms with Gasteiger partial charge in [-0.2, -0.15) is 0 Å². The minimum atomic E-state index is -2.77. The molecule has 0 saturated carbocycles. The third kappa shape index (κ3) is 5.92. The van der Waals surface area contributed by atoms with Crippen molar-refractivity contribution in [1.29, 1.82) is 0 Å². The van der Waals surface area contributed by atoms with Gasteiger partial charge in [0.05, 0.1) is 18.6 Å². The fourth-order valence-electron chi connectivity index (χ4n) is 6.15. The molecule has 0 radical (unpaired) electrons. The van der Waals surface area contributed by atoms with Crippen LogP contribution in [0.3, 0.4) is 0 Å². The molecule has 4 atom stereocenters. The Labute approximate surface area is 263 Å². The van der Waals surface area contributed by atoms with Crippen molar-refractivity contribution in [1.82, 2.24) is 19.5 Å². The first kappa shape index (κ1) is 32.5. The van der Waals surface area contributed by atoms with Crippen molar-refractivity contribution in [2.75, 3.05) is 6.61 Å². The first-order chi connectivity index (χ1) is 19.8. The molecule has 0 amide bonds. The van der Waals surface area contributed by atoms with E-state index in [-0.39, 0.29) is 33.4 Å². The molecule has 0 unspecified atom stereocenters. The Hall–Kier alpha value is -1.93. The van der Waals surface area contributed by atoms with E-state index in [1.165, 1.54) is 0 Å². The number of nitrogens with zero attached hydrogens (tertiary/aromatic N) is 4. The van der Waals surface area contributed by atoms with E-state index in [4.69, 9.17) is 34.6 Å². The molecule has 2 fully saturated rings. The fourth-order valence-corrected chi connectivity index (χ4v) is 12.6. The van der Waals surface area contributed by atoms with Gasteiger partial charge >= 0.3 is 8.56 Å². The average molecular weight is 643 g/mol. The molecule has 1 aromatic carbocycles. The van der Waals surface area contributed by atoms with Gasteiger partial charge in [-0.3, -0.25) is 4.57 Å². The van der Waals surface area contributed by atoms with Crippen molar-refractivity contribution in [3.8, 4) is 0 Å². The molecule has 3 aromatic rings. The SMILES string of the molecule is CC(C)(C)[Si](C)(C)O[C@H]1[C@@H]2O[Si](C(C)(C)C)(C(C)(C)C)OC[C@H]2O[C@H]1n1cnc2c(C=Cc3cccc(Cl)c3)ncnc21. The highest BCUT2D eigenvalue weighted by Crippen LogP contribution is 2.56. The van der Waals surface area contributed by atoms with Crippen LogP contribution in [0.25, 0.3) is 23.3 Å². The highest BCUT2D eigenvalue weighted by Gasteiger charge is 2.66. The maximum absolute atomic E-state index is 7.26. The Morgan fingerprint density at radius 1 is 1.00 bits per heavy atom. The largest absolute Gasteiger partial charge is 0.407 e. The van der Waals surface area contributed by atoms with Crippen molar-refractivity contribution >= 4 is 51.8 Å². The topological polar surface area (TPSA) is 80.5 Å². The Morgan fingerprint density at radius 3 is 2.33 bits per heavy atom. The number of fused-ring (bicyclic) bond motifs is 2. The molecule has 2 saturated heterocycles. The summed E-state index contributed by atoms with van der Waals surface area (Å²) < 4.78 is 30.0. The van der Waals surface area contributed by atoms with Gasteiger partial charge in [0.25, 0.3) is 0 Å². The highest BCUT2D eigenvalue weighted by atomic mass is 35.5. The van der Waals surface area contributed by atoms with Crippen molar-refractivity contribution in [3.05, 3.63) is 53.2 Å². The second kappa shape index (κ2) is 11.2. The van der Waals surface area contributed by atoms with E-state index in [1.807, 2.05) is 41.0 Å². The van der Waals surface area contributed by atoms with E-state index in [0.717, 1.165) is 5.56 Å². The number of hydrogen-bond donors (Lipinski definition) is 0. The van der Waals surface area contributed by atoms with E-state index in [2.05, 4.69) is 85.4 Å². The molecule has 0 N–H and O–H groups in total. The maximum Gasteiger partial charge on any atom is 0.349 e. The molecule has 2 aliphatic heterocycles. The van der Waals surface area contributed by atoms with Gasteiger partial charge in [0.1, 0.15) is 30.2 Å². The zero-order chi connectivity index (χ0) is 31.6. The lowest BCUT2D eigenvalue weighted by Gasteiger charge is -2.54. The third-order valence-electron chi connectivity index (χ3n) is 9.19. The molecule has 5 rings (SSSR count). The van der Waals surface area contributed by atoms with Gasteiger partial charge in [0.15, 0.2) is 20.2 Å². The molecule has 2 aliphatic rings. The molecule has 0 bridgehead atoms. The zero-order valence-corrected chi connectivity index (χ0v) is 30.2. The fraction of sp³-hybridized carbons (Fsp3) is 0.594. The minimum Gasteiger partial charge on any atom is -0.407 e. The molecule has 0 spiro atoms. The summed E-state index contributed by atoms with van der Waals surface area (Å²) >= 11 is 6.19. The number of halogens is 1. The Balaban J connectivity index is 1.56. The molecule has 2 aromatic heterocycles. The van der Waals surface area contributed by atoms with Crippen molar-refractivity contribution in [2.45, 2.75) is 115 Å². The quantitative estimate of drug-likeness (QED) is 0.259. The molecular weight excluding hydrogens is 596 g/mol. The van der Waals surface area contributed by atoms with Crippen molar-refractivity contribution < 1.29 is 18.0 Å². The van der Waals surface area contributed by atoms with Gasteiger partial charge in [-0.15, -0.1) is 0 Å². The summed E-state index contributed by atoms with van der Waals surface area (Å²) in [5, 5.41) is 0.369. The predicted molar refractivity (Wildman–Crippen MR) is 178 cm³/mol. The van der Waals surface area contributed by atoms with Crippen LogP contribution < -0.4 is 0 Å². The van der Waals surface area contributed by atoms with Crippen LogP contribution in [0, 0.1) is 0 Å². The highest BCUT2D eigenvalue weighted by molar-refractivity contribution is 6.74. The van der Waals surface area contributed by atoms with Gasteiger partial charge in [0, 0.05) is 15.1 Å². The van der Waals surface area contributed by atoms with Crippen LogP contribution in [0.1, 0.15) is 79.8 Å². The van der Waals surface area contributed by atoms with E-state index >= 15 is 0 Å². The summed E-state index contributed by atoms with van der Waals surface area (Å²) in [4.78, 5) is 14.0. The van der Waals surface area contributed by atoms with E-state index in [9.17, 15) is 0 Å². The van der Waals surface area contributed by atoms with E-state index in [1.54, 1.807) is 12.7 Å². The Kier molecular flexibility index (Phi) is 8.42. The molecule has 11 heteroatoms. The van der Waals surface area contributed by atoms with E-state index < -0.39 is 23.1 Å². The molecule has 234 valence electrons. The number of rotatable bonds is 5. The number of ether oxygens (including phenoxy) is 1. The summed E-state index contributed by atoms with van der Waals surface area (Å²) in [7, 11) is -5.02. The second-order valence-corrected chi connectivity index (χ2v) is 25.3. The minimum absolute atomic E-state index is 0.000843. The molecule has 43 heavy (non-hydrogen) atoms. The molecule has 4 heterocycles. The van der Waals surface area contributed by atoms with Crippen LogP contribution in [0.4, 0.5) is 0 Å². The van der Waals surface area contributed by atoms with Crippen LogP contribution >= 0.6 is 11.6 Å². The average Bonchev–Trinajstić information content (AvgIpc) is 3.46. The second-order valence-electron chi connectivity index (χ2n) is 15.4. The molecular formula is C32H47ClN4O4Si2.